The third-order valence-electron chi connectivity index (χ3n) is 4.91. The van der Waals surface area contributed by atoms with E-state index >= 15 is 0 Å². The quantitative estimate of drug-likeness (QED) is 0.740. The molecule has 0 bridgehead atoms. The Morgan fingerprint density at radius 1 is 1.22 bits per heavy atom. The Balaban J connectivity index is 1.81. The average molecular weight is 399 g/mol. The molecule has 150 valence electrons. The first-order valence-electron chi connectivity index (χ1n) is 9.31. The Bertz CT molecular complexity index is 665. The predicted molar refractivity (Wildman–Crippen MR) is 105 cm³/mol. The normalized spacial score (nSPS) is 18.0. The molecular weight excluding hydrogens is 371 g/mol. The fourth-order valence-electron chi connectivity index (χ4n) is 2.93. The predicted octanol–water partition coefficient (Wildman–Crippen LogP) is 2.34. The molecule has 27 heavy (non-hydrogen) atoms. The molecule has 2 atom stereocenters. The molecular formula is C19H28ClFN4O2. The van der Waals surface area contributed by atoms with Gasteiger partial charge in [-0.3, -0.25) is 19.4 Å². The number of halogens is 2. The average Bonchev–Trinajstić information content (AvgIpc) is 2.64. The minimum Gasteiger partial charge on any atom is -0.353 e. The van der Waals surface area contributed by atoms with Crippen molar-refractivity contribution in [2.24, 2.45) is 0 Å². The number of amides is 2. The lowest BCUT2D eigenvalue weighted by molar-refractivity contribution is -0.125. The number of piperazine rings is 1. The molecule has 6 nitrogen and oxygen atoms in total. The minimum absolute atomic E-state index is 0.0278. The van der Waals surface area contributed by atoms with E-state index in [4.69, 9.17) is 11.6 Å². The monoisotopic (exact) mass is 398 g/mol. The summed E-state index contributed by atoms with van der Waals surface area (Å²) < 4.78 is 13.8. The van der Waals surface area contributed by atoms with E-state index < -0.39 is 11.9 Å². The van der Waals surface area contributed by atoms with Crippen molar-refractivity contribution >= 4 is 29.1 Å². The van der Waals surface area contributed by atoms with E-state index in [0.717, 1.165) is 6.42 Å². The van der Waals surface area contributed by atoms with Gasteiger partial charge in [0.15, 0.2) is 0 Å². The summed E-state index contributed by atoms with van der Waals surface area (Å²) in [5.41, 5.74) is 0.0831. The zero-order chi connectivity index (χ0) is 20.0. The van der Waals surface area contributed by atoms with E-state index in [1.165, 1.54) is 18.2 Å². The van der Waals surface area contributed by atoms with E-state index in [1.54, 1.807) is 6.92 Å². The Morgan fingerprint density at radius 2 is 1.89 bits per heavy atom. The highest BCUT2D eigenvalue weighted by Crippen LogP contribution is 2.20. The summed E-state index contributed by atoms with van der Waals surface area (Å²) in [5, 5.41) is 5.93. The van der Waals surface area contributed by atoms with Gasteiger partial charge < -0.3 is 10.6 Å². The van der Waals surface area contributed by atoms with Gasteiger partial charge in [-0.2, -0.15) is 0 Å². The van der Waals surface area contributed by atoms with Crippen LogP contribution in [-0.2, 0) is 9.59 Å². The van der Waals surface area contributed by atoms with Crippen LogP contribution in [0, 0.1) is 5.82 Å². The minimum atomic E-state index is -0.517. The number of hydrogen-bond acceptors (Lipinski definition) is 4. The van der Waals surface area contributed by atoms with Crippen molar-refractivity contribution in [3.8, 4) is 0 Å². The second kappa shape index (κ2) is 10.0. The van der Waals surface area contributed by atoms with Gasteiger partial charge >= 0.3 is 0 Å². The molecule has 2 amide bonds. The van der Waals surface area contributed by atoms with E-state index in [9.17, 15) is 14.0 Å². The molecule has 0 radical (unpaired) electrons. The van der Waals surface area contributed by atoms with Crippen LogP contribution in [-0.4, -0.2) is 66.4 Å². The number of rotatable bonds is 7. The van der Waals surface area contributed by atoms with Gasteiger partial charge in [-0.25, -0.2) is 4.39 Å². The van der Waals surface area contributed by atoms with Crippen LogP contribution in [0.3, 0.4) is 0 Å². The van der Waals surface area contributed by atoms with Crippen LogP contribution in [0.15, 0.2) is 18.2 Å². The summed E-state index contributed by atoms with van der Waals surface area (Å²) >= 11 is 5.86. The molecule has 2 N–H and O–H groups in total. The molecule has 1 aliphatic heterocycles. The Hall–Kier alpha value is -1.70. The van der Waals surface area contributed by atoms with E-state index in [2.05, 4.69) is 15.5 Å². The number of anilines is 1. The molecule has 0 aromatic heterocycles. The SMILES string of the molecule is CCC(C)NC(=O)CN1CCN(C(C)C(=O)Nc2cc(Cl)ccc2F)CC1. The van der Waals surface area contributed by atoms with E-state index in [-0.39, 0.29) is 23.5 Å². The third kappa shape index (κ3) is 6.45. The van der Waals surface area contributed by atoms with Gasteiger partial charge in [0.05, 0.1) is 18.3 Å². The van der Waals surface area contributed by atoms with Crippen LogP contribution in [0.4, 0.5) is 10.1 Å². The Kier molecular flexibility index (Phi) is 8.01. The van der Waals surface area contributed by atoms with Crippen LogP contribution in [0.1, 0.15) is 27.2 Å². The van der Waals surface area contributed by atoms with Crippen LogP contribution >= 0.6 is 11.6 Å². The maximum absolute atomic E-state index is 13.8. The molecule has 0 saturated carbocycles. The van der Waals surface area contributed by atoms with Crippen LogP contribution in [0.5, 0.6) is 0 Å². The first kappa shape index (κ1) is 21.6. The Morgan fingerprint density at radius 3 is 2.52 bits per heavy atom. The lowest BCUT2D eigenvalue weighted by Gasteiger charge is -2.37. The molecule has 2 unspecified atom stereocenters. The van der Waals surface area contributed by atoms with Crippen molar-refractivity contribution in [1.29, 1.82) is 0 Å². The van der Waals surface area contributed by atoms with Gasteiger partial charge in [-0.1, -0.05) is 18.5 Å². The highest BCUT2D eigenvalue weighted by atomic mass is 35.5. The number of nitrogens with one attached hydrogen (secondary N) is 2. The summed E-state index contributed by atoms with van der Waals surface area (Å²) in [7, 11) is 0. The smallest absolute Gasteiger partial charge is 0.241 e. The van der Waals surface area contributed by atoms with Gasteiger partial charge in [0.2, 0.25) is 11.8 Å². The van der Waals surface area contributed by atoms with Crippen molar-refractivity contribution in [2.45, 2.75) is 39.3 Å². The Labute approximate surface area is 165 Å². The maximum atomic E-state index is 13.8. The van der Waals surface area contributed by atoms with Crippen molar-refractivity contribution < 1.29 is 14.0 Å². The molecule has 1 heterocycles. The van der Waals surface area contributed by atoms with Gasteiger partial charge in [-0.15, -0.1) is 0 Å². The number of benzene rings is 1. The molecule has 1 aromatic rings. The van der Waals surface area contributed by atoms with Gasteiger partial charge in [-0.05, 0) is 38.5 Å². The van der Waals surface area contributed by atoms with Crippen LogP contribution in [0.2, 0.25) is 5.02 Å². The van der Waals surface area contributed by atoms with Gasteiger partial charge in [0.25, 0.3) is 0 Å². The van der Waals surface area contributed by atoms with Crippen molar-refractivity contribution in [2.75, 3.05) is 38.0 Å². The summed E-state index contributed by atoms with van der Waals surface area (Å²) in [4.78, 5) is 28.5. The maximum Gasteiger partial charge on any atom is 0.241 e. The molecule has 1 aromatic carbocycles. The fourth-order valence-corrected chi connectivity index (χ4v) is 3.10. The molecule has 0 spiro atoms. The molecule has 2 rings (SSSR count). The largest absolute Gasteiger partial charge is 0.353 e. The first-order chi connectivity index (χ1) is 12.8. The number of nitrogens with zero attached hydrogens (tertiary/aromatic N) is 2. The topological polar surface area (TPSA) is 64.7 Å². The van der Waals surface area contributed by atoms with E-state index in [0.29, 0.717) is 37.7 Å². The summed E-state index contributed by atoms with van der Waals surface area (Å²) in [6.07, 6.45) is 0.902. The molecule has 1 aliphatic rings. The van der Waals surface area contributed by atoms with Crippen molar-refractivity contribution in [3.05, 3.63) is 29.0 Å². The van der Waals surface area contributed by atoms with E-state index in [1.807, 2.05) is 18.7 Å². The molecule has 1 fully saturated rings. The lowest BCUT2D eigenvalue weighted by atomic mass is 10.2. The number of hydrogen-bond donors (Lipinski definition) is 2. The third-order valence-corrected chi connectivity index (χ3v) is 5.14. The molecule has 1 saturated heterocycles. The highest BCUT2D eigenvalue weighted by molar-refractivity contribution is 6.30. The second-order valence-electron chi connectivity index (χ2n) is 6.98. The number of carbonyl (C=O) groups excluding carboxylic acids is 2. The first-order valence-corrected chi connectivity index (χ1v) is 9.69. The number of carbonyl (C=O) groups is 2. The zero-order valence-electron chi connectivity index (χ0n) is 16.1. The van der Waals surface area contributed by atoms with Gasteiger partial charge in [0, 0.05) is 37.2 Å². The molecule has 8 heteroatoms. The van der Waals surface area contributed by atoms with Crippen molar-refractivity contribution in [1.82, 2.24) is 15.1 Å². The lowest BCUT2D eigenvalue weighted by Crippen LogP contribution is -2.54. The fraction of sp³-hybridized carbons (Fsp3) is 0.579. The zero-order valence-corrected chi connectivity index (χ0v) is 16.9. The second-order valence-corrected chi connectivity index (χ2v) is 7.41. The standard InChI is InChI=1S/C19H28ClFN4O2/c1-4-13(2)22-18(26)12-24-7-9-25(10-8-24)14(3)19(27)23-17-11-15(20)5-6-16(17)21/h5-6,11,13-14H,4,7-10,12H2,1-3H3,(H,22,26)(H,23,27). The summed E-state index contributed by atoms with van der Waals surface area (Å²) in [5.74, 6) is -0.767. The summed E-state index contributed by atoms with van der Waals surface area (Å²) in [6, 6.07) is 3.84. The molecule has 0 aliphatic carbocycles. The van der Waals surface area contributed by atoms with Crippen molar-refractivity contribution in [3.63, 3.8) is 0 Å². The summed E-state index contributed by atoms with van der Waals surface area (Å²) in [6.45, 7) is 8.93. The van der Waals surface area contributed by atoms with Crippen LogP contribution < -0.4 is 10.6 Å². The van der Waals surface area contributed by atoms with Crippen LogP contribution in [0.25, 0.3) is 0 Å². The van der Waals surface area contributed by atoms with Gasteiger partial charge in [0.1, 0.15) is 5.82 Å². The highest BCUT2D eigenvalue weighted by Gasteiger charge is 2.27.